The highest BCUT2D eigenvalue weighted by molar-refractivity contribution is 5.42. The minimum atomic E-state index is -1.01. The second-order valence-corrected chi connectivity index (χ2v) is 3.53. The molecule has 0 aromatic carbocycles. The number of nitrogens with two attached hydrogens (primary N) is 1. The molecule has 1 aromatic rings. The molecule has 0 aliphatic carbocycles. The van der Waals surface area contributed by atoms with Gasteiger partial charge in [0.15, 0.2) is 0 Å². The summed E-state index contributed by atoms with van der Waals surface area (Å²) in [5.41, 5.74) is 5.16. The first kappa shape index (κ1) is 11.1. The first-order valence-corrected chi connectivity index (χ1v) is 4.44. The fourth-order valence-electron chi connectivity index (χ4n) is 0.767. The van der Waals surface area contributed by atoms with Crippen LogP contribution in [0.25, 0.3) is 0 Å². The van der Waals surface area contributed by atoms with Gasteiger partial charge in [0, 0.05) is 11.8 Å². The summed E-state index contributed by atoms with van der Waals surface area (Å²) in [5.74, 6) is 11.0. The van der Waals surface area contributed by atoms with Crippen molar-refractivity contribution in [2.24, 2.45) is 0 Å². The topological polar surface area (TPSA) is 59.1 Å². The number of aliphatic hydroxyl groups is 1. The predicted octanol–water partition coefficient (Wildman–Crippen LogP) is 0.790. The lowest BCUT2D eigenvalue weighted by atomic mass is 10.1. The molecular formula is C12H12N2O. The lowest BCUT2D eigenvalue weighted by Crippen LogP contribution is -2.14. The smallest absolute Gasteiger partial charge is 0.123 e. The van der Waals surface area contributed by atoms with Crippen molar-refractivity contribution >= 4 is 5.82 Å². The minimum Gasteiger partial charge on any atom is -0.384 e. The average Bonchev–Trinajstić information content (AvgIpc) is 2.14. The van der Waals surface area contributed by atoms with Crippen molar-refractivity contribution < 1.29 is 5.11 Å². The summed E-state index contributed by atoms with van der Waals surface area (Å²) in [6.45, 7) is 3.21. The van der Waals surface area contributed by atoms with Gasteiger partial charge in [0.2, 0.25) is 0 Å². The van der Waals surface area contributed by atoms with Gasteiger partial charge < -0.3 is 10.8 Å². The number of rotatable bonds is 0. The highest BCUT2D eigenvalue weighted by atomic mass is 16.3. The first-order valence-electron chi connectivity index (χ1n) is 4.44. The van der Waals surface area contributed by atoms with Gasteiger partial charge >= 0.3 is 0 Å². The Kier molecular flexibility index (Phi) is 3.33. The number of pyridine rings is 1. The zero-order chi connectivity index (χ0) is 11.3. The Morgan fingerprint density at radius 3 is 2.60 bits per heavy atom. The lowest BCUT2D eigenvalue weighted by Gasteiger charge is -2.04. The predicted molar refractivity (Wildman–Crippen MR) is 59.6 cm³/mol. The Balaban J connectivity index is 2.74. The Bertz CT molecular complexity index is 447. The third-order valence-corrected chi connectivity index (χ3v) is 1.42. The SMILES string of the molecule is CC(C)(O)C#CC#Cc1ccc(N)nc1. The second-order valence-electron chi connectivity index (χ2n) is 3.53. The van der Waals surface area contributed by atoms with E-state index in [4.69, 9.17) is 5.73 Å². The summed E-state index contributed by atoms with van der Waals surface area (Å²) in [6, 6.07) is 3.44. The molecule has 0 saturated heterocycles. The van der Waals surface area contributed by atoms with Gasteiger partial charge in [-0.05, 0) is 37.8 Å². The molecule has 0 aliphatic heterocycles. The molecule has 0 saturated carbocycles. The van der Waals surface area contributed by atoms with Crippen LogP contribution in [-0.4, -0.2) is 15.7 Å². The fourth-order valence-corrected chi connectivity index (χ4v) is 0.767. The largest absolute Gasteiger partial charge is 0.384 e. The van der Waals surface area contributed by atoms with Gasteiger partial charge in [-0.15, -0.1) is 0 Å². The van der Waals surface area contributed by atoms with Crippen molar-refractivity contribution in [3.8, 4) is 23.7 Å². The maximum Gasteiger partial charge on any atom is 0.123 e. The average molecular weight is 200 g/mol. The molecule has 1 heterocycles. The van der Waals surface area contributed by atoms with Gasteiger partial charge in [-0.1, -0.05) is 11.8 Å². The van der Waals surface area contributed by atoms with Gasteiger partial charge in [0.1, 0.15) is 11.4 Å². The van der Waals surface area contributed by atoms with E-state index in [-0.39, 0.29) is 0 Å². The van der Waals surface area contributed by atoms with Crippen LogP contribution in [0.2, 0.25) is 0 Å². The van der Waals surface area contributed by atoms with E-state index in [0.29, 0.717) is 5.82 Å². The molecular weight excluding hydrogens is 188 g/mol. The maximum atomic E-state index is 9.28. The summed E-state index contributed by atoms with van der Waals surface area (Å²) in [6.07, 6.45) is 1.58. The fraction of sp³-hybridized carbons (Fsp3) is 0.250. The van der Waals surface area contributed by atoms with Gasteiger partial charge in [0.05, 0.1) is 0 Å². The Labute approximate surface area is 89.3 Å². The van der Waals surface area contributed by atoms with Gasteiger partial charge in [0.25, 0.3) is 0 Å². The number of hydrogen-bond acceptors (Lipinski definition) is 3. The molecule has 0 bridgehead atoms. The summed E-state index contributed by atoms with van der Waals surface area (Å²) < 4.78 is 0. The van der Waals surface area contributed by atoms with Crippen LogP contribution in [0.1, 0.15) is 19.4 Å². The molecule has 3 nitrogen and oxygen atoms in total. The van der Waals surface area contributed by atoms with Crippen LogP contribution in [0.4, 0.5) is 5.82 Å². The summed E-state index contributed by atoms with van der Waals surface area (Å²) in [5, 5.41) is 9.28. The number of nitrogens with zero attached hydrogens (tertiary/aromatic N) is 1. The molecule has 0 spiro atoms. The number of hydrogen-bond donors (Lipinski definition) is 2. The number of anilines is 1. The van der Waals surface area contributed by atoms with Crippen LogP contribution in [-0.2, 0) is 0 Å². The molecule has 0 unspecified atom stereocenters. The molecule has 0 atom stereocenters. The number of aromatic nitrogens is 1. The zero-order valence-corrected chi connectivity index (χ0v) is 8.70. The zero-order valence-electron chi connectivity index (χ0n) is 8.70. The Morgan fingerprint density at radius 1 is 1.33 bits per heavy atom. The van der Waals surface area contributed by atoms with Crippen LogP contribution in [0.5, 0.6) is 0 Å². The van der Waals surface area contributed by atoms with Crippen LogP contribution in [0, 0.1) is 23.7 Å². The van der Waals surface area contributed by atoms with Crippen molar-refractivity contribution in [2.75, 3.05) is 5.73 Å². The van der Waals surface area contributed by atoms with E-state index in [9.17, 15) is 5.11 Å². The van der Waals surface area contributed by atoms with E-state index in [1.807, 2.05) is 0 Å². The molecule has 76 valence electrons. The van der Waals surface area contributed by atoms with Crippen LogP contribution in [0.3, 0.4) is 0 Å². The van der Waals surface area contributed by atoms with E-state index < -0.39 is 5.60 Å². The normalized spacial score (nSPS) is 9.53. The van der Waals surface area contributed by atoms with E-state index in [1.165, 1.54) is 0 Å². The molecule has 0 amide bonds. The summed E-state index contributed by atoms with van der Waals surface area (Å²) >= 11 is 0. The molecule has 15 heavy (non-hydrogen) atoms. The Morgan fingerprint density at radius 2 is 2.07 bits per heavy atom. The maximum absolute atomic E-state index is 9.28. The molecule has 1 rings (SSSR count). The Hall–Kier alpha value is -1.97. The van der Waals surface area contributed by atoms with Crippen molar-refractivity contribution in [1.82, 2.24) is 4.98 Å². The quantitative estimate of drug-likeness (QED) is 0.609. The standard InChI is InChI=1S/C12H12N2O/c1-12(2,15)8-4-3-5-10-6-7-11(13)14-9-10/h6-7,9,15H,1-2H3,(H2,13,14). The van der Waals surface area contributed by atoms with Crippen molar-refractivity contribution in [3.05, 3.63) is 23.9 Å². The van der Waals surface area contributed by atoms with Crippen LogP contribution in [0.15, 0.2) is 18.3 Å². The summed E-state index contributed by atoms with van der Waals surface area (Å²) in [4.78, 5) is 3.88. The molecule has 1 aromatic heterocycles. The molecule has 0 radical (unpaired) electrons. The highest BCUT2D eigenvalue weighted by Crippen LogP contribution is 1.98. The molecule has 0 fully saturated rings. The monoisotopic (exact) mass is 200 g/mol. The van der Waals surface area contributed by atoms with Gasteiger partial charge in [-0.3, -0.25) is 0 Å². The van der Waals surface area contributed by atoms with Crippen LogP contribution >= 0.6 is 0 Å². The third kappa shape index (κ3) is 4.71. The van der Waals surface area contributed by atoms with Crippen molar-refractivity contribution in [1.29, 1.82) is 0 Å². The second kappa shape index (κ2) is 4.50. The summed E-state index contributed by atoms with van der Waals surface area (Å²) in [7, 11) is 0. The molecule has 3 N–H and O–H groups in total. The van der Waals surface area contributed by atoms with E-state index in [2.05, 4.69) is 28.7 Å². The third-order valence-electron chi connectivity index (χ3n) is 1.42. The minimum absolute atomic E-state index is 0.461. The van der Waals surface area contributed by atoms with Gasteiger partial charge in [-0.25, -0.2) is 4.98 Å². The van der Waals surface area contributed by atoms with Gasteiger partial charge in [-0.2, -0.15) is 0 Å². The van der Waals surface area contributed by atoms with Crippen molar-refractivity contribution in [2.45, 2.75) is 19.4 Å². The van der Waals surface area contributed by atoms with Crippen molar-refractivity contribution in [3.63, 3.8) is 0 Å². The number of nitrogen functional groups attached to an aromatic ring is 1. The van der Waals surface area contributed by atoms with E-state index in [1.54, 1.807) is 32.2 Å². The lowest BCUT2D eigenvalue weighted by molar-refractivity contribution is 0.143. The van der Waals surface area contributed by atoms with E-state index in [0.717, 1.165) is 5.56 Å². The van der Waals surface area contributed by atoms with Crippen LogP contribution < -0.4 is 5.73 Å². The highest BCUT2D eigenvalue weighted by Gasteiger charge is 2.04. The molecule has 3 heteroatoms. The first-order chi connectivity index (χ1) is 6.97. The van der Waals surface area contributed by atoms with E-state index >= 15 is 0 Å². The molecule has 0 aliphatic rings.